The van der Waals surface area contributed by atoms with Crippen molar-refractivity contribution in [1.82, 2.24) is 9.88 Å². The zero-order valence-electron chi connectivity index (χ0n) is 9.32. The van der Waals surface area contributed by atoms with Gasteiger partial charge in [0.2, 0.25) is 5.88 Å². The van der Waals surface area contributed by atoms with E-state index in [1.807, 2.05) is 0 Å². The molecular weight excluding hydrogens is 226 g/mol. The second kappa shape index (κ2) is 4.89. The SMILES string of the molecule is CN(CCOc1ncc(Cl)cc1N)C1CC1. The number of aromatic nitrogens is 1. The molecule has 88 valence electrons. The van der Waals surface area contributed by atoms with Crippen molar-refractivity contribution >= 4 is 17.3 Å². The van der Waals surface area contributed by atoms with Crippen molar-refractivity contribution in [3.8, 4) is 5.88 Å². The van der Waals surface area contributed by atoms with Gasteiger partial charge in [-0.25, -0.2) is 4.98 Å². The van der Waals surface area contributed by atoms with Crippen LogP contribution in [0.2, 0.25) is 5.02 Å². The minimum atomic E-state index is 0.466. The van der Waals surface area contributed by atoms with Crippen LogP contribution in [0, 0.1) is 0 Å². The molecule has 4 nitrogen and oxygen atoms in total. The molecule has 5 heteroatoms. The van der Waals surface area contributed by atoms with Gasteiger partial charge in [0.15, 0.2) is 0 Å². The zero-order valence-corrected chi connectivity index (χ0v) is 10.1. The molecule has 0 saturated heterocycles. The van der Waals surface area contributed by atoms with Crippen molar-refractivity contribution in [3.63, 3.8) is 0 Å². The maximum Gasteiger partial charge on any atom is 0.237 e. The van der Waals surface area contributed by atoms with Gasteiger partial charge in [-0.15, -0.1) is 0 Å². The highest BCUT2D eigenvalue weighted by Crippen LogP contribution is 2.25. The van der Waals surface area contributed by atoms with Crippen molar-refractivity contribution in [2.24, 2.45) is 0 Å². The van der Waals surface area contributed by atoms with Crippen molar-refractivity contribution in [2.45, 2.75) is 18.9 Å². The van der Waals surface area contributed by atoms with E-state index in [9.17, 15) is 0 Å². The second-order valence-electron chi connectivity index (χ2n) is 4.11. The Hall–Kier alpha value is -1.00. The van der Waals surface area contributed by atoms with E-state index in [2.05, 4.69) is 16.9 Å². The summed E-state index contributed by atoms with van der Waals surface area (Å²) in [4.78, 5) is 6.34. The largest absolute Gasteiger partial charge is 0.475 e. The summed E-state index contributed by atoms with van der Waals surface area (Å²) in [6.45, 7) is 1.50. The standard InChI is InChI=1S/C11H16ClN3O/c1-15(9-2-3-9)4-5-16-11-10(13)6-8(12)7-14-11/h6-7,9H,2-5,13H2,1H3. The monoisotopic (exact) mass is 241 g/mol. The van der Waals surface area contributed by atoms with Gasteiger partial charge >= 0.3 is 0 Å². The van der Waals surface area contributed by atoms with E-state index >= 15 is 0 Å². The summed E-state index contributed by atoms with van der Waals surface area (Å²) >= 11 is 5.74. The smallest absolute Gasteiger partial charge is 0.237 e. The fourth-order valence-corrected chi connectivity index (χ4v) is 1.71. The third kappa shape index (κ3) is 3.00. The summed E-state index contributed by atoms with van der Waals surface area (Å²) in [5, 5.41) is 0.528. The summed E-state index contributed by atoms with van der Waals surface area (Å²) in [7, 11) is 2.11. The van der Waals surface area contributed by atoms with Crippen LogP contribution >= 0.6 is 11.6 Å². The first-order chi connectivity index (χ1) is 7.66. The Kier molecular flexibility index (Phi) is 3.51. The lowest BCUT2D eigenvalue weighted by molar-refractivity contribution is 0.227. The molecule has 0 atom stereocenters. The highest BCUT2D eigenvalue weighted by Gasteiger charge is 2.25. The predicted molar refractivity (Wildman–Crippen MR) is 64.8 cm³/mol. The van der Waals surface area contributed by atoms with Crippen LogP contribution in [0.4, 0.5) is 5.69 Å². The highest BCUT2D eigenvalue weighted by atomic mass is 35.5. The molecule has 1 aromatic heterocycles. The van der Waals surface area contributed by atoms with E-state index < -0.39 is 0 Å². The minimum Gasteiger partial charge on any atom is -0.475 e. The molecule has 1 saturated carbocycles. The number of pyridine rings is 1. The van der Waals surface area contributed by atoms with Gasteiger partial charge in [-0.05, 0) is 26.0 Å². The number of anilines is 1. The molecule has 1 aliphatic rings. The molecular formula is C11H16ClN3O. The Morgan fingerprint density at radius 3 is 3.00 bits per heavy atom. The first-order valence-corrected chi connectivity index (χ1v) is 5.78. The third-order valence-electron chi connectivity index (χ3n) is 2.70. The molecule has 1 aliphatic carbocycles. The number of halogens is 1. The molecule has 0 spiro atoms. The second-order valence-corrected chi connectivity index (χ2v) is 4.54. The van der Waals surface area contributed by atoms with E-state index in [0.717, 1.165) is 12.6 Å². The maximum atomic E-state index is 5.74. The quantitative estimate of drug-likeness (QED) is 0.854. The molecule has 16 heavy (non-hydrogen) atoms. The zero-order chi connectivity index (χ0) is 11.5. The predicted octanol–water partition coefficient (Wildman–Crippen LogP) is 1.79. The van der Waals surface area contributed by atoms with Gasteiger partial charge in [0.25, 0.3) is 0 Å². The van der Waals surface area contributed by atoms with Crippen molar-refractivity contribution < 1.29 is 4.74 Å². The van der Waals surface area contributed by atoms with Gasteiger partial charge in [0.05, 0.1) is 10.7 Å². The number of nitrogens with two attached hydrogens (primary N) is 1. The molecule has 1 aromatic rings. The van der Waals surface area contributed by atoms with Crippen LogP contribution in [0.25, 0.3) is 0 Å². The fourth-order valence-electron chi connectivity index (χ4n) is 1.55. The summed E-state index contributed by atoms with van der Waals surface area (Å²) in [6, 6.07) is 2.40. The summed E-state index contributed by atoms with van der Waals surface area (Å²) < 4.78 is 5.50. The van der Waals surface area contributed by atoms with Crippen molar-refractivity contribution in [3.05, 3.63) is 17.3 Å². The van der Waals surface area contributed by atoms with E-state index in [0.29, 0.717) is 23.2 Å². The minimum absolute atomic E-state index is 0.466. The van der Waals surface area contributed by atoms with Gasteiger partial charge in [-0.1, -0.05) is 11.6 Å². The van der Waals surface area contributed by atoms with Crippen LogP contribution in [0.3, 0.4) is 0 Å². The van der Waals surface area contributed by atoms with Crippen LogP contribution in [0.15, 0.2) is 12.3 Å². The van der Waals surface area contributed by atoms with E-state index in [-0.39, 0.29) is 0 Å². The lowest BCUT2D eigenvalue weighted by atomic mass is 10.4. The first-order valence-electron chi connectivity index (χ1n) is 5.41. The van der Waals surface area contributed by atoms with Crippen LogP contribution in [-0.4, -0.2) is 36.1 Å². The molecule has 0 unspecified atom stereocenters. The molecule has 0 aromatic carbocycles. The van der Waals surface area contributed by atoms with Crippen LogP contribution < -0.4 is 10.5 Å². The van der Waals surface area contributed by atoms with Gasteiger partial charge in [-0.3, -0.25) is 0 Å². The molecule has 1 heterocycles. The maximum absolute atomic E-state index is 5.74. The summed E-state index contributed by atoms with van der Waals surface area (Å²) in [5.74, 6) is 0.466. The molecule has 1 fully saturated rings. The lowest BCUT2D eigenvalue weighted by Crippen LogP contribution is -2.26. The average Bonchev–Trinajstić information content (AvgIpc) is 3.04. The normalized spacial score (nSPS) is 15.4. The van der Waals surface area contributed by atoms with E-state index in [1.165, 1.54) is 19.0 Å². The third-order valence-corrected chi connectivity index (χ3v) is 2.91. The van der Waals surface area contributed by atoms with E-state index in [1.54, 1.807) is 6.07 Å². The highest BCUT2D eigenvalue weighted by molar-refractivity contribution is 6.30. The van der Waals surface area contributed by atoms with Crippen LogP contribution in [0.5, 0.6) is 5.88 Å². The molecule has 2 rings (SSSR count). The number of nitrogen functional groups attached to an aromatic ring is 1. The van der Waals surface area contributed by atoms with Gasteiger partial charge in [0, 0.05) is 18.8 Å². The Morgan fingerprint density at radius 1 is 1.62 bits per heavy atom. The Bertz CT molecular complexity index is 368. The molecule has 0 amide bonds. The van der Waals surface area contributed by atoms with Gasteiger partial charge in [-0.2, -0.15) is 0 Å². The Balaban J connectivity index is 1.80. The molecule has 0 bridgehead atoms. The van der Waals surface area contributed by atoms with Crippen molar-refractivity contribution in [2.75, 3.05) is 25.9 Å². The van der Waals surface area contributed by atoms with Gasteiger partial charge in [0.1, 0.15) is 6.61 Å². The van der Waals surface area contributed by atoms with Crippen molar-refractivity contribution in [1.29, 1.82) is 0 Å². The number of nitrogens with zero attached hydrogens (tertiary/aromatic N) is 2. The topological polar surface area (TPSA) is 51.4 Å². The molecule has 2 N–H and O–H groups in total. The van der Waals surface area contributed by atoms with E-state index in [4.69, 9.17) is 22.1 Å². The number of hydrogen-bond donors (Lipinski definition) is 1. The summed E-state index contributed by atoms with van der Waals surface area (Å²) in [6.07, 6.45) is 4.15. The van der Waals surface area contributed by atoms with Gasteiger partial charge < -0.3 is 15.4 Å². The first kappa shape index (κ1) is 11.5. The fraction of sp³-hybridized carbons (Fsp3) is 0.545. The van der Waals surface area contributed by atoms with Crippen LogP contribution in [0.1, 0.15) is 12.8 Å². The number of likely N-dealkylation sites (N-methyl/N-ethyl adjacent to an activating group) is 1. The Labute approximate surface area is 100 Å². The number of rotatable bonds is 5. The number of ether oxygens (including phenoxy) is 1. The number of hydrogen-bond acceptors (Lipinski definition) is 4. The summed E-state index contributed by atoms with van der Waals surface area (Å²) in [5.41, 5.74) is 6.21. The molecule has 0 aliphatic heterocycles. The Morgan fingerprint density at radius 2 is 2.38 bits per heavy atom. The lowest BCUT2D eigenvalue weighted by Gasteiger charge is -2.15. The van der Waals surface area contributed by atoms with Crippen LogP contribution in [-0.2, 0) is 0 Å². The average molecular weight is 242 g/mol. The molecule has 0 radical (unpaired) electrons.